The molecule has 0 amide bonds. The van der Waals surface area contributed by atoms with Gasteiger partial charge in [0.15, 0.2) is 6.10 Å². The molecule has 0 aliphatic heterocycles. The molecule has 0 aromatic rings. The number of esters is 1. The third-order valence-electron chi connectivity index (χ3n) is 9.78. The summed E-state index contributed by atoms with van der Waals surface area (Å²) in [6.45, 7) is 4.28. The maximum Gasteiger partial charge on any atom is 0.472 e. The largest absolute Gasteiger partial charge is 0.498 e. The second-order valence-corrected chi connectivity index (χ2v) is 16.4. The lowest BCUT2D eigenvalue weighted by molar-refractivity contribution is -0.153. The minimum absolute atomic E-state index is 0.0386. The van der Waals surface area contributed by atoms with E-state index in [1.54, 1.807) is 6.26 Å². The first kappa shape index (κ1) is 51.1. The molecule has 0 aromatic heterocycles. The average Bonchev–Trinajstić information content (AvgIpc) is 3.13. The zero-order valence-electron chi connectivity index (χ0n) is 34.3. The van der Waals surface area contributed by atoms with Crippen LogP contribution >= 0.6 is 7.82 Å². The SMILES string of the molecule is CCCCCCCCCCCCCCCC/C=C/OCC(COP(=O)(O)OCCN)OC(=O)CCCCCCCCCCCCCCCCCCC. The standard InChI is InChI=1S/C43H86NO7P/c1-3-5-7-9-11-13-15-17-19-21-22-24-26-28-30-32-34-36-43(45)51-42(41-50-52(46,47)49-39-37-44)40-48-38-35-33-31-29-27-25-23-20-18-16-14-12-10-8-6-4-2/h35,38,42H,3-34,36-37,39-41,44H2,1-2H3,(H,46,47)/b38-35+. The Kier molecular flexibility index (Phi) is 40.5. The van der Waals surface area contributed by atoms with Gasteiger partial charge in [-0.15, -0.1) is 0 Å². The molecule has 0 aliphatic carbocycles. The highest BCUT2D eigenvalue weighted by molar-refractivity contribution is 7.47. The lowest BCUT2D eigenvalue weighted by Gasteiger charge is -2.19. The van der Waals surface area contributed by atoms with E-state index in [9.17, 15) is 14.3 Å². The summed E-state index contributed by atoms with van der Waals surface area (Å²) in [7, 11) is -4.29. The number of carbonyl (C=O) groups excluding carboxylic acids is 1. The minimum Gasteiger partial charge on any atom is -0.498 e. The van der Waals surface area contributed by atoms with Gasteiger partial charge >= 0.3 is 13.8 Å². The van der Waals surface area contributed by atoms with Crippen LogP contribution in [-0.4, -0.2) is 43.3 Å². The summed E-state index contributed by atoms with van der Waals surface area (Å²) in [6, 6.07) is 0. The molecule has 0 rings (SSSR count). The van der Waals surface area contributed by atoms with Crippen LogP contribution in [0.3, 0.4) is 0 Å². The molecule has 0 heterocycles. The van der Waals surface area contributed by atoms with Crippen molar-refractivity contribution in [3.05, 3.63) is 12.3 Å². The fourth-order valence-electron chi connectivity index (χ4n) is 6.49. The lowest BCUT2D eigenvalue weighted by atomic mass is 10.0. The van der Waals surface area contributed by atoms with E-state index < -0.39 is 13.9 Å². The van der Waals surface area contributed by atoms with E-state index in [-0.39, 0.29) is 32.3 Å². The van der Waals surface area contributed by atoms with Crippen LogP contribution in [0.15, 0.2) is 12.3 Å². The number of allylic oxidation sites excluding steroid dienone is 1. The molecule has 2 atom stereocenters. The topological polar surface area (TPSA) is 117 Å². The molecule has 310 valence electrons. The van der Waals surface area contributed by atoms with Gasteiger partial charge in [0.05, 0.1) is 19.5 Å². The fourth-order valence-corrected chi connectivity index (χ4v) is 7.26. The molecular formula is C43H86NO7P. The van der Waals surface area contributed by atoms with E-state index in [4.69, 9.17) is 24.3 Å². The number of nitrogens with two attached hydrogens (primary N) is 1. The Morgan fingerprint density at radius 3 is 1.37 bits per heavy atom. The molecule has 0 aromatic carbocycles. The van der Waals surface area contributed by atoms with Gasteiger partial charge in [0.25, 0.3) is 0 Å². The highest BCUT2D eigenvalue weighted by Gasteiger charge is 2.25. The van der Waals surface area contributed by atoms with Crippen molar-refractivity contribution >= 4 is 13.8 Å². The van der Waals surface area contributed by atoms with Crippen molar-refractivity contribution in [1.29, 1.82) is 0 Å². The Bertz CT molecular complexity index is 812. The molecule has 0 bridgehead atoms. The van der Waals surface area contributed by atoms with Gasteiger partial charge < -0.3 is 20.1 Å². The Morgan fingerprint density at radius 1 is 0.577 bits per heavy atom. The van der Waals surface area contributed by atoms with E-state index >= 15 is 0 Å². The highest BCUT2D eigenvalue weighted by Crippen LogP contribution is 2.43. The molecular weight excluding hydrogens is 673 g/mol. The van der Waals surface area contributed by atoms with Gasteiger partial charge in [-0.3, -0.25) is 13.8 Å². The molecule has 0 radical (unpaired) electrons. The highest BCUT2D eigenvalue weighted by atomic mass is 31.2. The summed E-state index contributed by atoms with van der Waals surface area (Å²) in [5, 5.41) is 0. The molecule has 9 heteroatoms. The number of ether oxygens (including phenoxy) is 2. The third-order valence-corrected chi connectivity index (χ3v) is 10.8. The molecule has 8 nitrogen and oxygen atoms in total. The second kappa shape index (κ2) is 41.2. The van der Waals surface area contributed by atoms with Crippen molar-refractivity contribution in [3.63, 3.8) is 0 Å². The summed E-state index contributed by atoms with van der Waals surface area (Å²) >= 11 is 0. The summed E-state index contributed by atoms with van der Waals surface area (Å²) in [5.74, 6) is -0.347. The van der Waals surface area contributed by atoms with Crippen molar-refractivity contribution in [2.45, 2.75) is 232 Å². The zero-order chi connectivity index (χ0) is 38.1. The van der Waals surface area contributed by atoms with E-state index in [2.05, 4.69) is 13.8 Å². The van der Waals surface area contributed by atoms with Crippen LogP contribution in [0, 0.1) is 0 Å². The van der Waals surface area contributed by atoms with Crippen LogP contribution < -0.4 is 5.73 Å². The van der Waals surface area contributed by atoms with Crippen molar-refractivity contribution < 1.29 is 32.8 Å². The number of unbranched alkanes of at least 4 members (excludes halogenated alkanes) is 30. The van der Waals surface area contributed by atoms with Gasteiger partial charge in [0.1, 0.15) is 6.61 Å². The maximum absolute atomic E-state index is 12.6. The first-order valence-electron chi connectivity index (χ1n) is 22.2. The number of hydrogen-bond donors (Lipinski definition) is 2. The van der Waals surface area contributed by atoms with Crippen molar-refractivity contribution in [3.8, 4) is 0 Å². The van der Waals surface area contributed by atoms with Gasteiger partial charge in [-0.1, -0.05) is 200 Å². The number of phosphoric ester groups is 1. The summed E-state index contributed by atoms with van der Waals surface area (Å²) in [4.78, 5) is 22.5. The number of hydrogen-bond acceptors (Lipinski definition) is 7. The maximum atomic E-state index is 12.6. The van der Waals surface area contributed by atoms with Gasteiger partial charge in [-0.05, 0) is 25.3 Å². The normalized spacial score (nSPS) is 13.5. The Morgan fingerprint density at radius 2 is 0.962 bits per heavy atom. The van der Waals surface area contributed by atoms with Crippen LogP contribution in [0.25, 0.3) is 0 Å². The molecule has 52 heavy (non-hydrogen) atoms. The molecule has 0 saturated carbocycles. The van der Waals surface area contributed by atoms with Crippen LogP contribution in [0.1, 0.15) is 226 Å². The van der Waals surface area contributed by atoms with Gasteiger partial charge in [-0.2, -0.15) is 0 Å². The monoisotopic (exact) mass is 760 g/mol. The van der Waals surface area contributed by atoms with Gasteiger partial charge in [0.2, 0.25) is 0 Å². The molecule has 0 aliphatic rings. The Hall–Kier alpha value is -0.920. The molecule has 0 fully saturated rings. The van der Waals surface area contributed by atoms with E-state index in [1.807, 2.05) is 6.08 Å². The van der Waals surface area contributed by atoms with Crippen LogP contribution in [-0.2, 0) is 27.9 Å². The zero-order valence-corrected chi connectivity index (χ0v) is 35.2. The van der Waals surface area contributed by atoms with Crippen LogP contribution in [0.2, 0.25) is 0 Å². The summed E-state index contributed by atoms with van der Waals surface area (Å²) < 4.78 is 33.2. The predicted octanol–water partition coefficient (Wildman–Crippen LogP) is 13.4. The minimum atomic E-state index is -4.29. The first-order chi connectivity index (χ1) is 25.4. The number of carbonyl (C=O) groups is 1. The van der Waals surface area contributed by atoms with Crippen LogP contribution in [0.4, 0.5) is 0 Å². The lowest BCUT2D eigenvalue weighted by Crippen LogP contribution is -2.27. The molecule has 3 N–H and O–H groups in total. The molecule has 2 unspecified atom stereocenters. The third kappa shape index (κ3) is 40.3. The predicted molar refractivity (Wildman–Crippen MR) is 219 cm³/mol. The fraction of sp³-hybridized carbons (Fsp3) is 0.930. The van der Waals surface area contributed by atoms with Gasteiger partial charge in [-0.25, -0.2) is 4.57 Å². The Labute approximate surface area is 322 Å². The quantitative estimate of drug-likeness (QED) is 0.0273. The second-order valence-electron chi connectivity index (χ2n) is 15.0. The first-order valence-corrected chi connectivity index (χ1v) is 23.7. The average molecular weight is 760 g/mol. The Balaban J connectivity index is 4.02. The number of phosphoric acid groups is 1. The smallest absolute Gasteiger partial charge is 0.472 e. The van der Waals surface area contributed by atoms with Crippen molar-refractivity contribution in [2.24, 2.45) is 5.73 Å². The molecule has 0 saturated heterocycles. The summed E-state index contributed by atoms with van der Waals surface area (Å²) in [6.07, 6.45) is 44.6. The van der Waals surface area contributed by atoms with Crippen molar-refractivity contribution in [2.75, 3.05) is 26.4 Å². The number of rotatable bonds is 43. The van der Waals surface area contributed by atoms with Crippen molar-refractivity contribution in [1.82, 2.24) is 0 Å². The summed E-state index contributed by atoms with van der Waals surface area (Å²) in [5.41, 5.74) is 5.36. The van der Waals surface area contributed by atoms with E-state index in [1.165, 1.54) is 173 Å². The van der Waals surface area contributed by atoms with Gasteiger partial charge in [0, 0.05) is 13.0 Å². The van der Waals surface area contributed by atoms with E-state index in [0.717, 1.165) is 32.1 Å². The molecule has 0 spiro atoms. The van der Waals surface area contributed by atoms with Crippen LogP contribution in [0.5, 0.6) is 0 Å². The van der Waals surface area contributed by atoms with E-state index in [0.29, 0.717) is 6.42 Å².